The van der Waals surface area contributed by atoms with Crippen molar-refractivity contribution in [2.75, 3.05) is 0 Å². The Morgan fingerprint density at radius 2 is 1.92 bits per heavy atom. The maximum atomic E-state index is 12.6. The van der Waals surface area contributed by atoms with Crippen LogP contribution in [0.5, 0.6) is 0 Å². The third-order valence-electron chi connectivity index (χ3n) is 3.55. The lowest BCUT2D eigenvalue weighted by molar-refractivity contribution is -0.140. The monoisotopic (exact) mass is 372 g/mol. The van der Waals surface area contributed by atoms with Gasteiger partial charge < -0.3 is 5.11 Å². The van der Waals surface area contributed by atoms with Crippen LogP contribution in [-0.4, -0.2) is 22.1 Å². The Kier molecular flexibility index (Phi) is 6.18. The fraction of sp³-hybridized carbons (Fsp3) is 0.412. The Balaban J connectivity index is 2.03. The summed E-state index contributed by atoms with van der Waals surface area (Å²) >= 11 is 1.31. The summed E-state index contributed by atoms with van der Waals surface area (Å²) in [7, 11) is 0. The summed E-state index contributed by atoms with van der Waals surface area (Å²) < 4.78 is 37.8. The largest absolute Gasteiger partial charge is 0.480 e. The second-order valence-corrected chi connectivity index (χ2v) is 6.98. The number of carboxylic acids is 1. The topological polar surface area (TPSA) is 62.2 Å². The van der Waals surface area contributed by atoms with Crippen molar-refractivity contribution in [3.63, 3.8) is 0 Å². The molecule has 0 amide bonds. The van der Waals surface area contributed by atoms with Gasteiger partial charge in [-0.05, 0) is 24.5 Å². The van der Waals surface area contributed by atoms with Gasteiger partial charge in [0, 0.05) is 17.5 Å². The van der Waals surface area contributed by atoms with Crippen LogP contribution in [0.1, 0.15) is 31.5 Å². The molecule has 0 saturated carbocycles. The molecule has 1 unspecified atom stereocenters. The molecule has 4 nitrogen and oxygen atoms in total. The van der Waals surface area contributed by atoms with E-state index >= 15 is 0 Å². The van der Waals surface area contributed by atoms with Gasteiger partial charge in [0.1, 0.15) is 11.0 Å². The lowest BCUT2D eigenvalue weighted by Crippen LogP contribution is -2.37. The number of benzene rings is 1. The summed E-state index contributed by atoms with van der Waals surface area (Å²) in [5.74, 6) is -0.668. The van der Waals surface area contributed by atoms with Crippen molar-refractivity contribution >= 4 is 17.3 Å². The summed E-state index contributed by atoms with van der Waals surface area (Å²) in [6.07, 6.45) is -3.86. The number of alkyl halides is 3. The third kappa shape index (κ3) is 5.54. The quantitative estimate of drug-likeness (QED) is 0.755. The van der Waals surface area contributed by atoms with E-state index in [2.05, 4.69) is 10.3 Å². The summed E-state index contributed by atoms with van der Waals surface area (Å²) in [6, 6.07) is 4.17. The average molecular weight is 372 g/mol. The average Bonchev–Trinajstić information content (AvgIpc) is 2.99. The van der Waals surface area contributed by atoms with E-state index in [4.69, 9.17) is 0 Å². The third-order valence-corrected chi connectivity index (χ3v) is 4.49. The molecule has 0 aliphatic heterocycles. The van der Waals surface area contributed by atoms with Crippen LogP contribution >= 0.6 is 11.3 Å². The van der Waals surface area contributed by atoms with E-state index in [1.165, 1.54) is 23.5 Å². The minimum absolute atomic E-state index is 0.242. The van der Waals surface area contributed by atoms with Crippen molar-refractivity contribution in [3.8, 4) is 10.6 Å². The fourth-order valence-corrected chi connectivity index (χ4v) is 3.12. The van der Waals surface area contributed by atoms with E-state index < -0.39 is 23.8 Å². The molecule has 1 atom stereocenters. The Morgan fingerprint density at radius 3 is 2.44 bits per heavy atom. The van der Waals surface area contributed by atoms with Crippen molar-refractivity contribution in [1.82, 2.24) is 10.3 Å². The highest BCUT2D eigenvalue weighted by Gasteiger charge is 2.30. The van der Waals surface area contributed by atoms with Gasteiger partial charge in [-0.2, -0.15) is 13.2 Å². The van der Waals surface area contributed by atoms with Gasteiger partial charge in [-0.15, -0.1) is 11.3 Å². The first-order valence-electron chi connectivity index (χ1n) is 7.75. The van der Waals surface area contributed by atoms with Gasteiger partial charge in [-0.1, -0.05) is 26.0 Å². The predicted octanol–water partition coefficient (Wildman–Crippen LogP) is 4.42. The number of nitrogens with one attached hydrogen (secondary N) is 1. The smallest absolute Gasteiger partial charge is 0.416 e. The maximum Gasteiger partial charge on any atom is 0.416 e. The molecular weight excluding hydrogens is 353 g/mol. The Labute approximate surface area is 147 Å². The molecule has 0 saturated heterocycles. The van der Waals surface area contributed by atoms with E-state index in [1.807, 2.05) is 13.8 Å². The molecule has 0 bridgehead atoms. The fourth-order valence-electron chi connectivity index (χ4n) is 2.29. The Morgan fingerprint density at radius 1 is 1.28 bits per heavy atom. The number of nitrogens with zero attached hydrogens (tertiary/aromatic N) is 1. The van der Waals surface area contributed by atoms with Crippen LogP contribution in [0.2, 0.25) is 0 Å². The highest BCUT2D eigenvalue weighted by molar-refractivity contribution is 7.13. The minimum atomic E-state index is -4.36. The highest BCUT2D eigenvalue weighted by atomic mass is 32.1. The summed E-state index contributed by atoms with van der Waals surface area (Å²) in [6.45, 7) is 4.19. The number of carboxylic acid groups (broad SMARTS) is 1. The van der Waals surface area contributed by atoms with Gasteiger partial charge in [0.25, 0.3) is 0 Å². The van der Waals surface area contributed by atoms with Gasteiger partial charge in [0.05, 0.1) is 11.3 Å². The number of aromatic nitrogens is 1. The standard InChI is InChI=1S/C17H19F3N2O2S/c1-10(2)7-14(16(23)24)21-8-13-9-25-15(22-13)11-3-5-12(6-4-11)17(18,19)20/h3-6,9-10,14,21H,7-8H2,1-2H3,(H,23,24). The lowest BCUT2D eigenvalue weighted by atomic mass is 10.0. The molecule has 1 heterocycles. The zero-order valence-corrected chi connectivity index (χ0v) is 14.6. The molecule has 0 spiro atoms. The molecule has 2 rings (SSSR count). The van der Waals surface area contributed by atoms with Gasteiger partial charge >= 0.3 is 12.1 Å². The molecule has 0 fully saturated rings. The second-order valence-electron chi connectivity index (χ2n) is 6.12. The highest BCUT2D eigenvalue weighted by Crippen LogP contribution is 2.31. The van der Waals surface area contributed by atoms with E-state index in [0.29, 0.717) is 29.2 Å². The number of rotatable bonds is 7. The zero-order valence-electron chi connectivity index (χ0n) is 13.8. The van der Waals surface area contributed by atoms with Crippen LogP contribution in [0.3, 0.4) is 0 Å². The number of halogens is 3. The van der Waals surface area contributed by atoms with Crippen LogP contribution in [0, 0.1) is 5.92 Å². The molecular formula is C17H19F3N2O2S. The molecule has 1 aromatic carbocycles. The molecule has 0 aliphatic rings. The molecule has 2 N–H and O–H groups in total. The number of carbonyl (C=O) groups is 1. The summed E-state index contributed by atoms with van der Waals surface area (Å²) in [5.41, 5.74) is 0.559. The first-order chi connectivity index (χ1) is 11.7. The first kappa shape index (κ1) is 19.4. The number of hydrogen-bond donors (Lipinski definition) is 2. The zero-order chi connectivity index (χ0) is 18.6. The number of hydrogen-bond acceptors (Lipinski definition) is 4. The summed E-state index contributed by atoms with van der Waals surface area (Å²) in [4.78, 5) is 15.6. The summed E-state index contributed by atoms with van der Waals surface area (Å²) in [5, 5.41) is 14.5. The Hall–Kier alpha value is -1.93. The van der Waals surface area contributed by atoms with E-state index in [9.17, 15) is 23.1 Å². The molecule has 2 aromatic rings. The SMILES string of the molecule is CC(C)CC(NCc1csc(-c2ccc(C(F)(F)F)cc2)n1)C(=O)O. The van der Waals surface area contributed by atoms with E-state index in [1.54, 1.807) is 5.38 Å². The number of aliphatic carboxylic acids is 1. The van der Waals surface area contributed by atoms with Crippen molar-refractivity contribution in [1.29, 1.82) is 0 Å². The van der Waals surface area contributed by atoms with Crippen molar-refractivity contribution < 1.29 is 23.1 Å². The minimum Gasteiger partial charge on any atom is -0.480 e. The normalized spacial score (nSPS) is 13.2. The van der Waals surface area contributed by atoms with Gasteiger partial charge in [-0.3, -0.25) is 10.1 Å². The van der Waals surface area contributed by atoms with Crippen molar-refractivity contribution in [2.45, 2.75) is 39.0 Å². The number of thiazole rings is 1. The molecule has 136 valence electrons. The molecule has 25 heavy (non-hydrogen) atoms. The molecule has 0 aliphatic carbocycles. The van der Waals surface area contributed by atoms with Crippen LogP contribution in [-0.2, 0) is 17.5 Å². The van der Waals surface area contributed by atoms with Crippen LogP contribution in [0.15, 0.2) is 29.6 Å². The van der Waals surface area contributed by atoms with Gasteiger partial charge in [-0.25, -0.2) is 4.98 Å². The molecule has 1 aromatic heterocycles. The van der Waals surface area contributed by atoms with Gasteiger partial charge in [0.2, 0.25) is 0 Å². The van der Waals surface area contributed by atoms with Crippen LogP contribution in [0.25, 0.3) is 10.6 Å². The van der Waals surface area contributed by atoms with Crippen LogP contribution in [0.4, 0.5) is 13.2 Å². The first-order valence-corrected chi connectivity index (χ1v) is 8.63. The van der Waals surface area contributed by atoms with Crippen LogP contribution < -0.4 is 5.32 Å². The lowest BCUT2D eigenvalue weighted by Gasteiger charge is -2.15. The van der Waals surface area contributed by atoms with Crippen molar-refractivity contribution in [3.05, 3.63) is 40.9 Å². The predicted molar refractivity (Wildman–Crippen MR) is 90.3 cm³/mol. The van der Waals surface area contributed by atoms with Gasteiger partial charge in [0.15, 0.2) is 0 Å². The van der Waals surface area contributed by atoms with Crippen molar-refractivity contribution in [2.24, 2.45) is 5.92 Å². The molecule has 0 radical (unpaired) electrons. The Bertz CT molecular complexity index is 711. The maximum absolute atomic E-state index is 12.6. The second kappa shape index (κ2) is 7.97. The van der Waals surface area contributed by atoms with E-state index in [-0.39, 0.29) is 5.92 Å². The molecule has 8 heteroatoms. The van der Waals surface area contributed by atoms with E-state index in [0.717, 1.165) is 12.1 Å².